The summed E-state index contributed by atoms with van der Waals surface area (Å²) in [5.74, 6) is -1.95. The first-order chi connectivity index (χ1) is 8.56. The molecule has 0 aliphatic rings. The van der Waals surface area contributed by atoms with Gasteiger partial charge in [-0.2, -0.15) is 0 Å². The van der Waals surface area contributed by atoms with Crippen LogP contribution < -0.4 is 0 Å². The third kappa shape index (κ3) is 1.82. The highest BCUT2D eigenvalue weighted by molar-refractivity contribution is 6.20. The second kappa shape index (κ2) is 4.49. The number of aromatic carboxylic acids is 1. The van der Waals surface area contributed by atoms with Gasteiger partial charge in [0.15, 0.2) is 5.78 Å². The van der Waals surface area contributed by atoms with Gasteiger partial charge in [0.25, 0.3) is 0 Å². The second-order valence-corrected chi connectivity index (χ2v) is 3.89. The molecule has 1 N–H and O–H groups in total. The average molecular weight is 244 g/mol. The molecule has 1 heterocycles. The molecule has 0 bridgehead atoms. The van der Waals surface area contributed by atoms with Gasteiger partial charge in [0, 0.05) is 5.39 Å². The van der Waals surface area contributed by atoms with E-state index in [2.05, 4.69) is 6.58 Å². The van der Waals surface area contributed by atoms with Crippen LogP contribution in [0.4, 0.5) is 0 Å². The lowest BCUT2D eigenvalue weighted by molar-refractivity contribution is 0.0660. The molecular weight excluding hydrogens is 232 g/mol. The smallest absolute Gasteiger partial charge is 0.372 e. The number of carboxylic acids is 1. The van der Waals surface area contributed by atoms with E-state index in [1.54, 1.807) is 31.2 Å². The summed E-state index contributed by atoms with van der Waals surface area (Å²) in [5.41, 5.74) is 0.844. The van der Waals surface area contributed by atoms with Crippen molar-refractivity contribution in [2.75, 3.05) is 0 Å². The largest absolute Gasteiger partial charge is 0.475 e. The van der Waals surface area contributed by atoms with Crippen molar-refractivity contribution < 1.29 is 19.1 Å². The monoisotopic (exact) mass is 244 g/mol. The van der Waals surface area contributed by atoms with E-state index in [4.69, 9.17) is 9.52 Å². The van der Waals surface area contributed by atoms with E-state index in [9.17, 15) is 9.59 Å². The molecule has 0 amide bonds. The predicted octanol–water partition coefficient (Wildman–Crippen LogP) is 3.28. The molecule has 0 saturated heterocycles. The number of allylic oxidation sites excluding steroid dienone is 1. The average Bonchev–Trinajstić information content (AvgIpc) is 2.76. The molecule has 0 aliphatic heterocycles. The van der Waals surface area contributed by atoms with Crippen molar-refractivity contribution in [1.82, 2.24) is 0 Å². The zero-order chi connectivity index (χ0) is 13.3. The number of carbonyl (C=O) groups is 2. The van der Waals surface area contributed by atoms with E-state index in [0.29, 0.717) is 23.0 Å². The van der Waals surface area contributed by atoms with E-state index in [0.717, 1.165) is 0 Å². The fourth-order valence-corrected chi connectivity index (χ4v) is 1.76. The van der Waals surface area contributed by atoms with Crippen LogP contribution in [0.2, 0.25) is 0 Å². The van der Waals surface area contributed by atoms with Crippen molar-refractivity contribution >= 4 is 22.7 Å². The van der Waals surface area contributed by atoms with Crippen molar-refractivity contribution in [1.29, 1.82) is 0 Å². The van der Waals surface area contributed by atoms with E-state index in [-0.39, 0.29) is 17.1 Å². The van der Waals surface area contributed by atoms with Crippen molar-refractivity contribution in [2.24, 2.45) is 0 Å². The summed E-state index contributed by atoms with van der Waals surface area (Å²) >= 11 is 0. The Kier molecular flexibility index (Phi) is 3.02. The van der Waals surface area contributed by atoms with E-state index in [1.807, 2.05) is 0 Å². The predicted molar refractivity (Wildman–Crippen MR) is 66.9 cm³/mol. The van der Waals surface area contributed by atoms with E-state index >= 15 is 0 Å². The highest BCUT2D eigenvalue weighted by atomic mass is 16.4. The summed E-state index contributed by atoms with van der Waals surface area (Å²) in [5, 5.41) is 9.60. The molecule has 2 rings (SSSR count). The zero-order valence-electron chi connectivity index (χ0n) is 9.90. The first-order valence-corrected chi connectivity index (χ1v) is 5.53. The molecular formula is C14H12O4. The summed E-state index contributed by atoms with van der Waals surface area (Å²) in [6.45, 7) is 5.45. The molecule has 18 heavy (non-hydrogen) atoms. The van der Waals surface area contributed by atoms with Crippen molar-refractivity contribution in [3.05, 3.63) is 47.7 Å². The lowest BCUT2D eigenvalue weighted by Gasteiger charge is -2.00. The third-order valence-electron chi connectivity index (χ3n) is 2.76. The van der Waals surface area contributed by atoms with Crippen LogP contribution in [-0.4, -0.2) is 16.9 Å². The van der Waals surface area contributed by atoms with Crippen LogP contribution in [0.5, 0.6) is 0 Å². The number of benzene rings is 1. The van der Waals surface area contributed by atoms with Crippen LogP contribution in [0.25, 0.3) is 11.0 Å². The number of carboxylic acid groups (broad SMARTS) is 1. The fourth-order valence-electron chi connectivity index (χ4n) is 1.76. The summed E-state index contributed by atoms with van der Waals surface area (Å²) in [7, 11) is 0. The minimum absolute atomic E-state index is 0.0879. The lowest BCUT2D eigenvalue weighted by Crippen LogP contribution is -2.07. The molecule has 1 aromatic carbocycles. The second-order valence-electron chi connectivity index (χ2n) is 3.89. The van der Waals surface area contributed by atoms with E-state index < -0.39 is 5.97 Å². The molecule has 1 aromatic heterocycles. The third-order valence-corrected chi connectivity index (χ3v) is 2.76. The standard InChI is InChI=1S/C14H12O4/c1-3-8(2)12(15)11-9-6-4-5-7-10(9)18-13(11)14(16)17/h4-7H,2-3H2,1H3,(H,16,17). The van der Waals surface area contributed by atoms with Crippen molar-refractivity contribution in [3.8, 4) is 0 Å². The molecule has 2 aromatic rings. The molecule has 0 aliphatic carbocycles. The molecule has 0 unspecified atom stereocenters. The Morgan fingerprint density at radius 3 is 2.61 bits per heavy atom. The van der Waals surface area contributed by atoms with Gasteiger partial charge in [0.05, 0.1) is 5.56 Å². The molecule has 4 heteroatoms. The Hall–Kier alpha value is -2.36. The van der Waals surface area contributed by atoms with Crippen molar-refractivity contribution in [3.63, 3.8) is 0 Å². The van der Waals surface area contributed by atoms with E-state index in [1.165, 1.54) is 0 Å². The Morgan fingerprint density at radius 1 is 1.33 bits per heavy atom. The highest BCUT2D eigenvalue weighted by Crippen LogP contribution is 2.28. The van der Waals surface area contributed by atoms with Gasteiger partial charge >= 0.3 is 5.97 Å². The number of rotatable bonds is 4. The van der Waals surface area contributed by atoms with Gasteiger partial charge in [0.2, 0.25) is 5.76 Å². The van der Waals surface area contributed by atoms with Crippen LogP contribution in [0.3, 0.4) is 0 Å². The van der Waals surface area contributed by atoms with Gasteiger partial charge in [-0.1, -0.05) is 31.7 Å². The SMILES string of the molecule is C=C(CC)C(=O)c1c(C(=O)O)oc2ccccc12. The summed E-state index contributed by atoms with van der Waals surface area (Å²) in [4.78, 5) is 23.3. The Bertz CT molecular complexity index is 649. The molecule has 0 radical (unpaired) electrons. The summed E-state index contributed by atoms with van der Waals surface area (Å²) in [6, 6.07) is 6.75. The number of hydrogen-bond acceptors (Lipinski definition) is 3. The topological polar surface area (TPSA) is 67.5 Å². The molecule has 0 fully saturated rings. The Labute approximate surface area is 104 Å². The molecule has 0 saturated carbocycles. The van der Waals surface area contributed by atoms with Crippen molar-refractivity contribution in [2.45, 2.75) is 13.3 Å². The molecule has 4 nitrogen and oxygen atoms in total. The Balaban J connectivity index is 2.73. The first-order valence-electron chi connectivity index (χ1n) is 5.53. The number of furan rings is 1. The maximum absolute atomic E-state index is 12.2. The molecule has 0 spiro atoms. The fraction of sp³-hybridized carbons (Fsp3) is 0.143. The highest BCUT2D eigenvalue weighted by Gasteiger charge is 2.25. The minimum atomic E-state index is -1.25. The first kappa shape index (κ1) is 12.1. The van der Waals surface area contributed by atoms with Gasteiger partial charge in [-0.05, 0) is 18.1 Å². The number of para-hydroxylation sites is 1. The lowest BCUT2D eigenvalue weighted by atomic mass is 10.00. The van der Waals surface area contributed by atoms with Gasteiger partial charge in [-0.3, -0.25) is 4.79 Å². The number of carbonyl (C=O) groups excluding carboxylic acids is 1. The molecule has 0 atom stereocenters. The van der Waals surface area contributed by atoms with Crippen LogP contribution in [0.1, 0.15) is 34.3 Å². The van der Waals surface area contributed by atoms with Gasteiger partial charge in [0.1, 0.15) is 5.58 Å². The Morgan fingerprint density at radius 2 is 2.00 bits per heavy atom. The summed E-state index contributed by atoms with van der Waals surface area (Å²) in [6.07, 6.45) is 0.470. The maximum Gasteiger partial charge on any atom is 0.372 e. The number of fused-ring (bicyclic) bond motifs is 1. The van der Waals surface area contributed by atoms with Crippen LogP contribution >= 0.6 is 0 Å². The number of ketones is 1. The molecule has 92 valence electrons. The summed E-state index contributed by atoms with van der Waals surface area (Å²) < 4.78 is 5.21. The normalized spacial score (nSPS) is 10.5. The van der Waals surface area contributed by atoms with Gasteiger partial charge in [-0.15, -0.1) is 0 Å². The van der Waals surface area contributed by atoms with Gasteiger partial charge in [-0.25, -0.2) is 4.79 Å². The number of hydrogen-bond donors (Lipinski definition) is 1. The van der Waals surface area contributed by atoms with Crippen LogP contribution in [-0.2, 0) is 0 Å². The maximum atomic E-state index is 12.2. The zero-order valence-corrected chi connectivity index (χ0v) is 9.90. The number of Topliss-reactive ketones (excluding diaryl/α,β-unsaturated/α-hetero) is 1. The minimum Gasteiger partial charge on any atom is -0.475 e. The van der Waals surface area contributed by atoms with Gasteiger partial charge < -0.3 is 9.52 Å². The van der Waals surface area contributed by atoms with Crippen LogP contribution in [0.15, 0.2) is 40.8 Å². The van der Waals surface area contributed by atoms with Crippen LogP contribution in [0, 0.1) is 0 Å². The quantitative estimate of drug-likeness (QED) is 0.662.